The van der Waals surface area contributed by atoms with Crippen molar-refractivity contribution in [3.63, 3.8) is 0 Å². The van der Waals surface area contributed by atoms with Crippen LogP contribution in [0.2, 0.25) is 0 Å². The van der Waals surface area contributed by atoms with E-state index in [0.717, 1.165) is 45.1 Å². The summed E-state index contributed by atoms with van der Waals surface area (Å²) < 4.78 is 12.6. The summed E-state index contributed by atoms with van der Waals surface area (Å²) in [7, 11) is 0. The van der Waals surface area contributed by atoms with Gasteiger partial charge >= 0.3 is 5.97 Å². The lowest BCUT2D eigenvalue weighted by atomic mass is 9.77. The molecular weight excluding hydrogens is 546 g/mol. The minimum Gasteiger partial charge on any atom is -0.456 e. The van der Waals surface area contributed by atoms with Crippen molar-refractivity contribution in [1.29, 1.82) is 0 Å². The molecule has 0 aromatic heterocycles. The molecule has 6 aromatic rings. The molecule has 0 saturated heterocycles. The van der Waals surface area contributed by atoms with Crippen LogP contribution in [0.15, 0.2) is 146 Å². The van der Waals surface area contributed by atoms with Gasteiger partial charge in [-0.1, -0.05) is 66.7 Å². The van der Waals surface area contributed by atoms with Crippen LogP contribution in [0.4, 0.5) is 34.1 Å². The first-order valence-electron chi connectivity index (χ1n) is 14.5. The smallest absolute Gasteiger partial charge is 0.342 e. The molecule has 0 atom stereocenters. The minimum atomic E-state index is -1.09. The predicted octanol–water partition coefficient (Wildman–Crippen LogP) is 9.49. The molecule has 6 nitrogen and oxygen atoms in total. The topological polar surface area (TPSA) is 71.6 Å². The van der Waals surface area contributed by atoms with Gasteiger partial charge in [-0.05, 0) is 78.9 Å². The minimum absolute atomic E-state index is 0.377. The summed E-state index contributed by atoms with van der Waals surface area (Å²) >= 11 is 0. The van der Waals surface area contributed by atoms with Crippen molar-refractivity contribution in [2.24, 2.45) is 0 Å². The maximum absolute atomic E-state index is 13.6. The Bertz CT molecular complexity index is 1960. The molecule has 2 aliphatic rings. The number of esters is 1. The van der Waals surface area contributed by atoms with Crippen molar-refractivity contribution in [3.8, 4) is 11.5 Å². The van der Waals surface area contributed by atoms with Crippen LogP contribution in [-0.4, -0.2) is 5.97 Å². The molecule has 2 aliphatic heterocycles. The highest BCUT2D eigenvalue weighted by atomic mass is 16.6. The van der Waals surface area contributed by atoms with E-state index < -0.39 is 5.60 Å². The van der Waals surface area contributed by atoms with Gasteiger partial charge in [0.05, 0.1) is 11.3 Å². The molecule has 0 amide bonds. The quantitative estimate of drug-likeness (QED) is 0.172. The van der Waals surface area contributed by atoms with Crippen molar-refractivity contribution >= 4 is 40.1 Å². The van der Waals surface area contributed by atoms with Gasteiger partial charge in [-0.3, -0.25) is 0 Å². The second-order valence-corrected chi connectivity index (χ2v) is 10.8. The molecule has 6 aromatic carbocycles. The van der Waals surface area contributed by atoms with Gasteiger partial charge in [0.15, 0.2) is 5.60 Å². The first kappa shape index (κ1) is 25.7. The Kier molecular flexibility index (Phi) is 6.05. The number of carbonyl (C=O) groups is 1. The van der Waals surface area contributed by atoms with Crippen LogP contribution in [0.5, 0.6) is 11.5 Å². The summed E-state index contributed by atoms with van der Waals surface area (Å²) in [5.74, 6) is 0.976. The van der Waals surface area contributed by atoms with Crippen LogP contribution in [0.1, 0.15) is 27.0 Å². The van der Waals surface area contributed by atoms with E-state index in [-0.39, 0.29) is 5.97 Å². The van der Waals surface area contributed by atoms with Crippen molar-refractivity contribution in [2.45, 2.75) is 5.60 Å². The predicted molar refractivity (Wildman–Crippen MR) is 174 cm³/mol. The van der Waals surface area contributed by atoms with Gasteiger partial charge < -0.3 is 25.4 Å². The fourth-order valence-electron chi connectivity index (χ4n) is 6.06. The number of fused-ring (bicyclic) bond motifs is 6. The molecule has 1 spiro atoms. The Hall–Kier alpha value is -6.01. The van der Waals surface area contributed by atoms with Gasteiger partial charge in [0.2, 0.25) is 0 Å². The third-order valence-corrected chi connectivity index (χ3v) is 8.05. The second-order valence-electron chi connectivity index (χ2n) is 10.8. The van der Waals surface area contributed by atoms with Crippen LogP contribution < -0.4 is 20.7 Å². The first-order chi connectivity index (χ1) is 21.7. The molecule has 3 N–H and O–H groups in total. The lowest BCUT2D eigenvalue weighted by Crippen LogP contribution is -2.32. The first-order valence-corrected chi connectivity index (χ1v) is 14.5. The molecule has 8 rings (SSSR count). The van der Waals surface area contributed by atoms with Crippen LogP contribution in [0.25, 0.3) is 0 Å². The number of nitrogens with one attached hydrogen (secondary N) is 3. The maximum atomic E-state index is 13.6. The van der Waals surface area contributed by atoms with Gasteiger partial charge in [-0.15, -0.1) is 0 Å². The average Bonchev–Trinajstić information content (AvgIpc) is 3.37. The third kappa shape index (κ3) is 4.32. The highest BCUT2D eigenvalue weighted by Crippen LogP contribution is 2.56. The van der Waals surface area contributed by atoms with Crippen LogP contribution in [0.3, 0.4) is 0 Å². The highest BCUT2D eigenvalue weighted by Gasteiger charge is 2.54. The molecular formula is C38H27N3O3. The lowest BCUT2D eigenvalue weighted by molar-refractivity contribution is 0.0225. The lowest BCUT2D eigenvalue weighted by Gasteiger charge is -2.36. The summed E-state index contributed by atoms with van der Waals surface area (Å²) in [5.41, 5.74) is 7.38. The van der Waals surface area contributed by atoms with Crippen molar-refractivity contribution < 1.29 is 14.3 Å². The average molecular weight is 574 g/mol. The fraction of sp³-hybridized carbons (Fsp3) is 0.0263. The standard InChI is InChI=1S/C38H27N3O3/c42-37-36-32(38(44-37)30-11-4-6-15-34(30)43-35-16-7-5-12-31(35)38)13-8-14-33(36)41-29-23-21-28(22-24-29)40-27-19-17-26(18-20-27)39-25-9-2-1-3-10-25/h1-24,39-41H. The van der Waals surface area contributed by atoms with Crippen molar-refractivity contribution in [3.05, 3.63) is 168 Å². The number of carbonyl (C=O) groups excluding carboxylic acids is 1. The number of rotatable bonds is 6. The third-order valence-electron chi connectivity index (χ3n) is 8.05. The molecule has 0 unspecified atom stereocenters. The number of hydrogen-bond acceptors (Lipinski definition) is 6. The van der Waals surface area contributed by atoms with Crippen LogP contribution in [0, 0.1) is 0 Å². The Morgan fingerprint density at radius 3 is 1.45 bits per heavy atom. The Morgan fingerprint density at radius 1 is 0.432 bits per heavy atom. The number of ether oxygens (including phenoxy) is 2. The fourth-order valence-corrected chi connectivity index (χ4v) is 6.06. The SMILES string of the molecule is O=C1OC2(c3ccccc3Oc3ccccc32)c2cccc(Nc3ccc(Nc4ccc(Nc5ccccc5)cc4)cc3)c21. The maximum Gasteiger partial charge on any atom is 0.342 e. The Morgan fingerprint density at radius 2 is 0.886 bits per heavy atom. The van der Waals surface area contributed by atoms with Crippen molar-refractivity contribution in [1.82, 2.24) is 0 Å². The zero-order valence-electron chi connectivity index (χ0n) is 23.6. The highest BCUT2D eigenvalue weighted by molar-refractivity contribution is 6.03. The zero-order chi connectivity index (χ0) is 29.5. The van der Waals surface area contributed by atoms with Gasteiger partial charge in [0.1, 0.15) is 11.5 Å². The van der Waals surface area contributed by atoms with E-state index in [1.165, 1.54) is 0 Å². The monoisotopic (exact) mass is 573 g/mol. The number of hydrogen-bond donors (Lipinski definition) is 3. The van der Waals surface area contributed by atoms with Gasteiger partial charge in [0.25, 0.3) is 0 Å². The largest absolute Gasteiger partial charge is 0.456 e. The molecule has 0 fully saturated rings. The zero-order valence-corrected chi connectivity index (χ0v) is 23.6. The van der Waals surface area contributed by atoms with E-state index in [4.69, 9.17) is 9.47 Å². The molecule has 0 saturated carbocycles. The molecule has 0 bridgehead atoms. The summed E-state index contributed by atoms with van der Waals surface area (Å²) in [4.78, 5) is 13.6. The van der Waals surface area contributed by atoms with E-state index in [1.54, 1.807) is 0 Å². The summed E-state index contributed by atoms with van der Waals surface area (Å²) in [6, 6.07) is 47.6. The number of para-hydroxylation sites is 3. The molecule has 0 aliphatic carbocycles. The molecule has 44 heavy (non-hydrogen) atoms. The van der Waals surface area contributed by atoms with Gasteiger partial charge in [0, 0.05) is 45.1 Å². The molecule has 6 heteroatoms. The van der Waals surface area contributed by atoms with E-state index in [1.807, 2.05) is 146 Å². The van der Waals surface area contributed by atoms with Gasteiger partial charge in [-0.25, -0.2) is 4.79 Å². The Labute approximate surface area is 254 Å². The molecule has 0 radical (unpaired) electrons. The van der Waals surface area contributed by atoms with Crippen LogP contribution >= 0.6 is 0 Å². The van der Waals surface area contributed by atoms with Gasteiger partial charge in [-0.2, -0.15) is 0 Å². The number of benzene rings is 6. The van der Waals surface area contributed by atoms with Crippen molar-refractivity contribution in [2.75, 3.05) is 16.0 Å². The van der Waals surface area contributed by atoms with E-state index in [0.29, 0.717) is 22.7 Å². The summed E-state index contributed by atoms with van der Waals surface area (Å²) in [5, 5.41) is 10.3. The molecule has 2 heterocycles. The van der Waals surface area contributed by atoms with E-state index in [9.17, 15) is 4.79 Å². The van der Waals surface area contributed by atoms with Crippen LogP contribution in [-0.2, 0) is 10.3 Å². The van der Waals surface area contributed by atoms with E-state index >= 15 is 0 Å². The second kappa shape index (κ2) is 10.4. The summed E-state index contributed by atoms with van der Waals surface area (Å²) in [6.45, 7) is 0. The van der Waals surface area contributed by atoms with E-state index in [2.05, 4.69) is 16.0 Å². The normalized spacial score (nSPS) is 13.6. The Balaban J connectivity index is 1.05. The summed E-state index contributed by atoms with van der Waals surface area (Å²) in [6.07, 6.45) is 0. The molecule has 212 valence electrons. The number of anilines is 6.